The fraction of sp³-hybridized carbons (Fsp3) is 0.0370. The number of aliphatic carboxylic acids is 1. The number of fused-ring (bicyclic) bond motifs is 1. The number of carboxylic acid groups (broad SMARTS) is 1. The Balaban J connectivity index is 1.90. The second-order valence-electron chi connectivity index (χ2n) is 7.97. The highest BCUT2D eigenvalue weighted by molar-refractivity contribution is 7.90. The Morgan fingerprint density at radius 2 is 1.81 bits per heavy atom. The van der Waals surface area contributed by atoms with Gasteiger partial charge >= 0.3 is 5.97 Å². The molecule has 3 aromatic heterocycles. The van der Waals surface area contributed by atoms with Gasteiger partial charge < -0.3 is 5.11 Å². The maximum Gasteiger partial charge on any atom is 0.328 e. The zero-order chi connectivity index (χ0) is 25.4. The van der Waals surface area contributed by atoms with Crippen LogP contribution in [0.5, 0.6) is 0 Å². The molecule has 36 heavy (non-hydrogen) atoms. The molecular formula is C27H18N2O4S3. The SMILES string of the molecule is Cc1ccc(S(=O)(=O)n2c(-c3ccc(/C=C/C(=O)O)s3)c(-c3ccsc3C#N)c3ccccc32)cc1. The molecule has 3 heterocycles. The molecule has 2 aromatic carbocycles. The van der Waals surface area contributed by atoms with Crippen molar-refractivity contribution in [2.24, 2.45) is 0 Å². The molecule has 0 bridgehead atoms. The quantitative estimate of drug-likeness (QED) is 0.249. The Kier molecular flexibility index (Phi) is 6.10. The van der Waals surface area contributed by atoms with Crippen LogP contribution in [-0.2, 0) is 14.8 Å². The number of nitrogens with zero attached hydrogens (tertiary/aromatic N) is 2. The van der Waals surface area contributed by atoms with Crippen LogP contribution in [0.4, 0.5) is 0 Å². The topological polar surface area (TPSA) is 100 Å². The van der Waals surface area contributed by atoms with E-state index in [1.54, 1.807) is 48.5 Å². The highest BCUT2D eigenvalue weighted by Gasteiger charge is 2.30. The largest absolute Gasteiger partial charge is 0.478 e. The maximum atomic E-state index is 14.1. The maximum absolute atomic E-state index is 14.1. The fourth-order valence-electron chi connectivity index (χ4n) is 4.09. The van der Waals surface area contributed by atoms with Crippen LogP contribution in [-0.4, -0.2) is 23.5 Å². The summed E-state index contributed by atoms with van der Waals surface area (Å²) in [7, 11) is -4.04. The van der Waals surface area contributed by atoms with E-state index in [0.717, 1.165) is 11.6 Å². The van der Waals surface area contributed by atoms with Gasteiger partial charge in [0.15, 0.2) is 0 Å². The molecule has 0 atom stereocenters. The molecule has 0 saturated heterocycles. The van der Waals surface area contributed by atoms with Crippen molar-refractivity contribution in [3.8, 4) is 27.8 Å². The number of nitriles is 1. The van der Waals surface area contributed by atoms with E-state index in [2.05, 4.69) is 6.07 Å². The first kappa shape index (κ1) is 23.8. The van der Waals surface area contributed by atoms with Gasteiger partial charge in [-0.25, -0.2) is 17.2 Å². The molecule has 0 aliphatic heterocycles. The van der Waals surface area contributed by atoms with Gasteiger partial charge in [-0.3, -0.25) is 0 Å². The standard InChI is InChI=1S/C27H18N2O4S3/c1-17-6-10-19(11-7-17)36(32,33)29-22-5-3-2-4-20(22)26(21-14-15-34-24(21)16-28)27(29)23-12-8-18(35-23)9-13-25(30)31/h2-15H,1H3,(H,30,31)/b13-9+. The average Bonchev–Trinajstić information content (AvgIpc) is 3.59. The monoisotopic (exact) mass is 530 g/mol. The molecule has 178 valence electrons. The Hall–Kier alpha value is -3.97. The second kappa shape index (κ2) is 9.24. The first-order chi connectivity index (χ1) is 17.3. The van der Waals surface area contributed by atoms with E-state index in [-0.39, 0.29) is 4.90 Å². The second-order valence-corrected chi connectivity index (χ2v) is 11.8. The molecule has 0 unspecified atom stereocenters. The van der Waals surface area contributed by atoms with Gasteiger partial charge in [-0.15, -0.1) is 22.7 Å². The molecule has 0 amide bonds. The number of aryl methyl sites for hydroxylation is 1. The number of aromatic nitrogens is 1. The third-order valence-electron chi connectivity index (χ3n) is 5.68. The molecule has 5 rings (SSSR count). The molecule has 0 spiro atoms. The van der Waals surface area contributed by atoms with E-state index >= 15 is 0 Å². The van der Waals surface area contributed by atoms with Crippen molar-refractivity contribution in [3.05, 3.63) is 93.5 Å². The summed E-state index contributed by atoms with van der Waals surface area (Å²) >= 11 is 2.58. The third kappa shape index (κ3) is 4.05. The van der Waals surface area contributed by atoms with Crippen molar-refractivity contribution >= 4 is 55.6 Å². The minimum absolute atomic E-state index is 0.148. The fourth-order valence-corrected chi connectivity index (χ4v) is 7.33. The van der Waals surface area contributed by atoms with E-state index in [0.29, 0.717) is 42.4 Å². The van der Waals surface area contributed by atoms with Gasteiger partial charge in [0, 0.05) is 27.5 Å². The predicted molar refractivity (Wildman–Crippen MR) is 144 cm³/mol. The summed E-state index contributed by atoms with van der Waals surface area (Å²) in [6, 6.07) is 21.5. The van der Waals surface area contributed by atoms with Crippen molar-refractivity contribution < 1.29 is 18.3 Å². The minimum Gasteiger partial charge on any atom is -0.478 e. The van der Waals surface area contributed by atoms with Gasteiger partial charge in [0.1, 0.15) is 10.9 Å². The van der Waals surface area contributed by atoms with Crippen molar-refractivity contribution in [1.29, 1.82) is 5.26 Å². The zero-order valence-electron chi connectivity index (χ0n) is 18.9. The predicted octanol–water partition coefficient (Wildman–Crippen LogP) is 6.61. The number of rotatable bonds is 6. The van der Waals surface area contributed by atoms with Crippen LogP contribution in [0.2, 0.25) is 0 Å². The van der Waals surface area contributed by atoms with Crippen molar-refractivity contribution in [1.82, 2.24) is 3.97 Å². The number of hydrogen-bond acceptors (Lipinski definition) is 6. The highest BCUT2D eigenvalue weighted by Crippen LogP contribution is 2.46. The van der Waals surface area contributed by atoms with E-state index < -0.39 is 16.0 Å². The lowest BCUT2D eigenvalue weighted by Crippen LogP contribution is -2.14. The van der Waals surface area contributed by atoms with Crippen LogP contribution in [0, 0.1) is 18.3 Å². The van der Waals surface area contributed by atoms with Gasteiger partial charge in [-0.1, -0.05) is 35.9 Å². The van der Waals surface area contributed by atoms with Crippen molar-refractivity contribution in [2.45, 2.75) is 11.8 Å². The Bertz CT molecular complexity index is 1800. The Morgan fingerprint density at radius 1 is 1.06 bits per heavy atom. The average molecular weight is 531 g/mol. The van der Waals surface area contributed by atoms with Crippen molar-refractivity contribution in [3.63, 3.8) is 0 Å². The summed E-state index contributed by atoms with van der Waals surface area (Å²) in [5, 5.41) is 21.3. The number of para-hydroxylation sites is 1. The number of carboxylic acids is 1. The number of thiophene rings is 2. The van der Waals surface area contributed by atoms with Crippen LogP contribution >= 0.6 is 22.7 Å². The summed E-state index contributed by atoms with van der Waals surface area (Å²) < 4.78 is 29.6. The third-order valence-corrected chi connectivity index (χ3v) is 9.28. The molecule has 1 N–H and O–H groups in total. The molecule has 6 nitrogen and oxygen atoms in total. The first-order valence-corrected chi connectivity index (χ1v) is 13.9. The van der Waals surface area contributed by atoms with Gasteiger partial charge in [-0.2, -0.15) is 5.26 Å². The van der Waals surface area contributed by atoms with E-state index in [1.165, 1.54) is 32.7 Å². The molecular weight excluding hydrogens is 513 g/mol. The van der Waals surface area contributed by atoms with Gasteiger partial charge in [0.05, 0.1) is 21.0 Å². The summed E-state index contributed by atoms with van der Waals surface area (Å²) in [4.78, 5) is 12.9. The van der Waals surface area contributed by atoms with E-state index in [9.17, 15) is 18.5 Å². The van der Waals surface area contributed by atoms with E-state index in [1.807, 2.05) is 30.5 Å². The van der Waals surface area contributed by atoms with Crippen molar-refractivity contribution in [2.75, 3.05) is 0 Å². The molecule has 0 aliphatic carbocycles. The van der Waals surface area contributed by atoms with Crippen LogP contribution in [0.3, 0.4) is 0 Å². The van der Waals surface area contributed by atoms with E-state index in [4.69, 9.17) is 5.11 Å². The Morgan fingerprint density at radius 3 is 2.53 bits per heavy atom. The Labute approximate surface area is 215 Å². The molecule has 0 saturated carbocycles. The van der Waals surface area contributed by atoms with Crippen LogP contribution in [0.1, 0.15) is 15.3 Å². The summed E-state index contributed by atoms with van der Waals surface area (Å²) in [5.41, 5.74) is 3.18. The van der Waals surface area contributed by atoms with Gasteiger partial charge in [0.25, 0.3) is 10.0 Å². The minimum atomic E-state index is -4.04. The summed E-state index contributed by atoms with van der Waals surface area (Å²) in [6.07, 6.45) is 2.52. The number of hydrogen-bond donors (Lipinski definition) is 1. The molecule has 5 aromatic rings. The lowest BCUT2D eigenvalue weighted by molar-refractivity contribution is -0.131. The van der Waals surface area contributed by atoms with Crippen LogP contribution < -0.4 is 0 Å². The zero-order valence-corrected chi connectivity index (χ0v) is 21.3. The molecule has 0 fully saturated rings. The summed E-state index contributed by atoms with van der Waals surface area (Å²) in [6.45, 7) is 1.89. The highest BCUT2D eigenvalue weighted by atomic mass is 32.2. The number of benzene rings is 2. The van der Waals surface area contributed by atoms with Gasteiger partial charge in [0.2, 0.25) is 0 Å². The first-order valence-electron chi connectivity index (χ1n) is 10.8. The normalized spacial score (nSPS) is 11.8. The lowest BCUT2D eigenvalue weighted by Gasteiger charge is -2.13. The smallest absolute Gasteiger partial charge is 0.328 e. The molecule has 9 heteroatoms. The molecule has 0 radical (unpaired) electrons. The van der Waals surface area contributed by atoms with Gasteiger partial charge in [-0.05, 0) is 54.8 Å². The van der Waals surface area contributed by atoms with Crippen LogP contribution in [0.25, 0.3) is 38.7 Å². The summed E-state index contributed by atoms with van der Waals surface area (Å²) in [5.74, 6) is -1.07. The lowest BCUT2D eigenvalue weighted by atomic mass is 10.0. The molecule has 0 aliphatic rings. The van der Waals surface area contributed by atoms with Crippen LogP contribution in [0.15, 0.2) is 83.1 Å². The number of carbonyl (C=O) groups is 1.